The first-order valence-corrected chi connectivity index (χ1v) is 10.4. The van der Waals surface area contributed by atoms with Gasteiger partial charge in [0.05, 0.1) is 18.3 Å². The minimum Gasteiger partial charge on any atom is -0.454 e. The molecule has 0 radical (unpaired) electrons. The number of halogens is 1. The van der Waals surface area contributed by atoms with Crippen LogP contribution in [0, 0.1) is 12.7 Å². The third-order valence-corrected chi connectivity index (χ3v) is 5.86. The van der Waals surface area contributed by atoms with E-state index in [0.29, 0.717) is 35.7 Å². The van der Waals surface area contributed by atoms with Crippen molar-refractivity contribution >= 4 is 10.9 Å². The molecule has 164 valence electrons. The Balaban J connectivity index is 1.52. The minimum absolute atomic E-state index is 0.129. The predicted octanol–water partition coefficient (Wildman–Crippen LogP) is 3.25. The van der Waals surface area contributed by atoms with E-state index in [1.54, 1.807) is 10.6 Å². The Morgan fingerprint density at radius 3 is 2.62 bits per heavy atom. The highest BCUT2D eigenvalue weighted by molar-refractivity contribution is 5.84. The fourth-order valence-electron chi connectivity index (χ4n) is 3.98. The number of aromatic nitrogens is 3. The molecule has 0 atom stereocenters. The van der Waals surface area contributed by atoms with Crippen molar-refractivity contribution in [2.75, 3.05) is 6.79 Å². The van der Waals surface area contributed by atoms with Crippen LogP contribution >= 0.6 is 0 Å². The number of hydrogen-bond donors (Lipinski definition) is 1. The molecule has 0 saturated carbocycles. The Kier molecular flexibility index (Phi) is 5.14. The maximum Gasteiger partial charge on any atom is 0.255 e. The van der Waals surface area contributed by atoms with Crippen molar-refractivity contribution in [1.82, 2.24) is 19.7 Å². The van der Waals surface area contributed by atoms with E-state index in [2.05, 4.69) is 10.4 Å². The van der Waals surface area contributed by atoms with E-state index in [1.807, 2.05) is 49.1 Å². The minimum atomic E-state index is -0.331. The average Bonchev–Trinajstić information content (AvgIpc) is 3.36. The smallest absolute Gasteiger partial charge is 0.255 e. The lowest BCUT2D eigenvalue weighted by molar-refractivity contribution is 0.174. The number of ether oxygens (including phenoxy) is 2. The molecule has 4 aromatic rings. The van der Waals surface area contributed by atoms with Gasteiger partial charge in [0.2, 0.25) is 6.79 Å². The SMILES string of the molecule is Cc1c(CNCc2cc3cc4c(cc3n(Cc3cccc(F)c3)c2=O)OCO4)cnn1C. The van der Waals surface area contributed by atoms with Gasteiger partial charge in [0, 0.05) is 48.4 Å². The van der Waals surface area contributed by atoms with E-state index in [0.717, 1.165) is 22.2 Å². The standard InChI is InChI=1S/C24H23FN4O3/c1-15-19(12-27-28(15)2)11-26-10-18-7-17-8-22-23(32-14-31-22)9-21(17)29(24(18)30)13-16-4-3-5-20(25)6-16/h3-9,12,26H,10-11,13-14H2,1-2H3. The lowest BCUT2D eigenvalue weighted by Gasteiger charge is -2.14. The highest BCUT2D eigenvalue weighted by Crippen LogP contribution is 2.36. The molecule has 1 aliphatic rings. The van der Waals surface area contributed by atoms with E-state index < -0.39 is 0 Å². The van der Waals surface area contributed by atoms with Crippen molar-refractivity contribution in [3.63, 3.8) is 0 Å². The number of hydrogen-bond acceptors (Lipinski definition) is 5. The molecule has 8 heteroatoms. The number of rotatable bonds is 6. The molecule has 2 aromatic heterocycles. The molecule has 0 amide bonds. The molecule has 1 N–H and O–H groups in total. The van der Waals surface area contributed by atoms with Crippen molar-refractivity contribution in [1.29, 1.82) is 0 Å². The van der Waals surface area contributed by atoms with Gasteiger partial charge in [-0.25, -0.2) is 4.39 Å². The van der Waals surface area contributed by atoms with Gasteiger partial charge >= 0.3 is 0 Å². The van der Waals surface area contributed by atoms with E-state index in [4.69, 9.17) is 9.47 Å². The summed E-state index contributed by atoms with van der Waals surface area (Å²) in [5.41, 5.74) is 4.08. The molecule has 0 unspecified atom stereocenters. The van der Waals surface area contributed by atoms with Gasteiger partial charge in [-0.3, -0.25) is 9.48 Å². The molecule has 2 aromatic carbocycles. The molecule has 0 fully saturated rings. The number of nitrogens with zero attached hydrogens (tertiary/aromatic N) is 3. The quantitative estimate of drug-likeness (QED) is 0.505. The summed E-state index contributed by atoms with van der Waals surface area (Å²) in [5, 5.41) is 8.46. The molecular weight excluding hydrogens is 411 g/mol. The van der Waals surface area contributed by atoms with Gasteiger partial charge in [0.25, 0.3) is 5.56 Å². The van der Waals surface area contributed by atoms with Gasteiger partial charge in [-0.05, 0) is 36.8 Å². The zero-order valence-electron chi connectivity index (χ0n) is 17.9. The molecule has 32 heavy (non-hydrogen) atoms. The zero-order valence-corrected chi connectivity index (χ0v) is 17.9. The highest BCUT2D eigenvalue weighted by atomic mass is 19.1. The third-order valence-electron chi connectivity index (χ3n) is 5.86. The van der Waals surface area contributed by atoms with Crippen LogP contribution in [0.15, 0.2) is 53.5 Å². The molecular formula is C24H23FN4O3. The van der Waals surface area contributed by atoms with Crippen LogP contribution in [-0.4, -0.2) is 21.1 Å². The lowest BCUT2D eigenvalue weighted by atomic mass is 10.1. The summed E-state index contributed by atoms with van der Waals surface area (Å²) in [7, 11) is 1.90. The first kappa shape index (κ1) is 20.3. The second-order valence-corrected chi connectivity index (χ2v) is 7.94. The molecule has 0 saturated heterocycles. The van der Waals surface area contributed by atoms with Crippen molar-refractivity contribution < 1.29 is 13.9 Å². The summed E-state index contributed by atoms with van der Waals surface area (Å²) in [4.78, 5) is 13.4. The van der Waals surface area contributed by atoms with Gasteiger partial charge < -0.3 is 19.4 Å². The van der Waals surface area contributed by atoms with Crippen molar-refractivity contribution in [2.45, 2.75) is 26.6 Å². The van der Waals surface area contributed by atoms with Crippen LogP contribution < -0.4 is 20.3 Å². The summed E-state index contributed by atoms with van der Waals surface area (Å²) in [6.45, 7) is 3.40. The summed E-state index contributed by atoms with van der Waals surface area (Å²) in [6, 6.07) is 11.9. The second kappa shape index (κ2) is 8.12. The number of aryl methyl sites for hydroxylation is 1. The number of benzene rings is 2. The van der Waals surface area contributed by atoms with Crippen LogP contribution in [0.3, 0.4) is 0 Å². The zero-order chi connectivity index (χ0) is 22.2. The summed E-state index contributed by atoms with van der Waals surface area (Å²) in [6.07, 6.45) is 1.83. The average molecular weight is 434 g/mol. The first-order valence-electron chi connectivity index (χ1n) is 10.4. The van der Waals surface area contributed by atoms with Gasteiger partial charge in [0.15, 0.2) is 11.5 Å². The number of pyridine rings is 1. The number of fused-ring (bicyclic) bond motifs is 2. The maximum atomic E-state index is 13.8. The van der Waals surface area contributed by atoms with E-state index in [-0.39, 0.29) is 24.7 Å². The van der Waals surface area contributed by atoms with Gasteiger partial charge in [-0.15, -0.1) is 0 Å². The summed E-state index contributed by atoms with van der Waals surface area (Å²) >= 11 is 0. The molecule has 5 rings (SSSR count). The van der Waals surface area contributed by atoms with Crippen LogP contribution in [0.25, 0.3) is 10.9 Å². The van der Waals surface area contributed by atoms with E-state index in [9.17, 15) is 9.18 Å². The molecule has 7 nitrogen and oxygen atoms in total. The van der Waals surface area contributed by atoms with Crippen molar-refractivity contribution in [3.05, 3.63) is 87.2 Å². The summed E-state index contributed by atoms with van der Waals surface area (Å²) < 4.78 is 28.3. The van der Waals surface area contributed by atoms with Gasteiger partial charge in [-0.1, -0.05) is 12.1 Å². The lowest BCUT2D eigenvalue weighted by Crippen LogP contribution is -2.28. The second-order valence-electron chi connectivity index (χ2n) is 7.94. The van der Waals surface area contributed by atoms with Gasteiger partial charge in [0.1, 0.15) is 5.82 Å². The largest absolute Gasteiger partial charge is 0.454 e. The Labute approximate surface area is 184 Å². The Morgan fingerprint density at radius 2 is 1.88 bits per heavy atom. The Hall–Kier alpha value is -3.65. The molecule has 0 bridgehead atoms. The van der Waals surface area contributed by atoms with Crippen molar-refractivity contribution in [2.24, 2.45) is 7.05 Å². The maximum absolute atomic E-state index is 13.8. The predicted molar refractivity (Wildman–Crippen MR) is 118 cm³/mol. The van der Waals surface area contributed by atoms with Crippen LogP contribution in [0.5, 0.6) is 11.5 Å². The fourth-order valence-corrected chi connectivity index (χ4v) is 3.98. The van der Waals surface area contributed by atoms with Crippen LogP contribution in [-0.2, 0) is 26.7 Å². The fraction of sp³-hybridized carbons (Fsp3) is 0.250. The molecule has 1 aliphatic heterocycles. The van der Waals surface area contributed by atoms with E-state index >= 15 is 0 Å². The Bertz CT molecular complexity index is 1380. The molecule has 3 heterocycles. The van der Waals surface area contributed by atoms with Gasteiger partial charge in [-0.2, -0.15) is 5.10 Å². The molecule has 0 spiro atoms. The first-order chi connectivity index (χ1) is 15.5. The third kappa shape index (κ3) is 3.73. The molecule has 0 aliphatic carbocycles. The van der Waals surface area contributed by atoms with Crippen LogP contribution in [0.2, 0.25) is 0 Å². The Morgan fingerprint density at radius 1 is 1.09 bits per heavy atom. The van der Waals surface area contributed by atoms with Crippen LogP contribution in [0.1, 0.15) is 22.4 Å². The highest BCUT2D eigenvalue weighted by Gasteiger charge is 2.18. The normalized spacial score (nSPS) is 12.6. The number of nitrogens with one attached hydrogen (secondary N) is 1. The van der Waals surface area contributed by atoms with Crippen LogP contribution in [0.4, 0.5) is 4.39 Å². The topological polar surface area (TPSA) is 70.3 Å². The monoisotopic (exact) mass is 434 g/mol. The van der Waals surface area contributed by atoms with Crippen molar-refractivity contribution in [3.8, 4) is 11.5 Å². The summed E-state index contributed by atoms with van der Waals surface area (Å²) in [5.74, 6) is 0.920. The van der Waals surface area contributed by atoms with E-state index in [1.165, 1.54) is 12.1 Å².